The van der Waals surface area contributed by atoms with Gasteiger partial charge in [-0.1, -0.05) is 23.2 Å². The van der Waals surface area contributed by atoms with Crippen LogP contribution in [0, 0.1) is 6.92 Å². The molecule has 0 atom stereocenters. The number of hydrazine groups is 1. The summed E-state index contributed by atoms with van der Waals surface area (Å²) in [6, 6.07) is 4.40. The molecule has 2 amide bonds. The number of rotatable bonds is 2. The van der Waals surface area contributed by atoms with Gasteiger partial charge in [-0.05, 0) is 25.1 Å². The van der Waals surface area contributed by atoms with Crippen LogP contribution in [0.1, 0.15) is 25.9 Å². The number of benzene rings is 1. The van der Waals surface area contributed by atoms with Crippen LogP contribution >= 0.6 is 34.5 Å². The van der Waals surface area contributed by atoms with Crippen molar-refractivity contribution in [3.63, 3.8) is 0 Å². The van der Waals surface area contributed by atoms with Gasteiger partial charge in [0.1, 0.15) is 5.69 Å². The monoisotopic (exact) mass is 329 g/mol. The van der Waals surface area contributed by atoms with Crippen LogP contribution in [0.15, 0.2) is 23.6 Å². The molecule has 2 rings (SSSR count). The second-order valence-corrected chi connectivity index (χ2v) is 5.75. The second kappa shape index (κ2) is 6.21. The third-order valence-corrected chi connectivity index (χ3v) is 3.48. The Bertz CT molecular complexity index is 652. The smallest absolute Gasteiger partial charge is 0.267 e. The molecule has 0 saturated carbocycles. The van der Waals surface area contributed by atoms with Crippen LogP contribution in [0.2, 0.25) is 10.0 Å². The van der Waals surface area contributed by atoms with Crippen LogP contribution in [-0.4, -0.2) is 16.8 Å². The largest absolute Gasteiger partial charge is 0.289 e. The van der Waals surface area contributed by atoms with E-state index in [0.29, 0.717) is 10.0 Å². The Morgan fingerprint density at radius 3 is 2.25 bits per heavy atom. The molecule has 0 saturated heterocycles. The third kappa shape index (κ3) is 3.69. The number of aromatic nitrogens is 1. The molecule has 0 spiro atoms. The SMILES string of the molecule is Cc1nc(C(=O)NNC(=O)c2cc(Cl)cc(Cl)c2)cs1. The lowest BCUT2D eigenvalue weighted by atomic mass is 10.2. The van der Waals surface area contributed by atoms with Gasteiger partial charge in [-0.15, -0.1) is 11.3 Å². The zero-order chi connectivity index (χ0) is 14.7. The lowest BCUT2D eigenvalue weighted by Gasteiger charge is -2.06. The first kappa shape index (κ1) is 14.8. The van der Waals surface area contributed by atoms with Gasteiger partial charge < -0.3 is 0 Å². The summed E-state index contributed by atoms with van der Waals surface area (Å²) in [5, 5.41) is 3.05. The van der Waals surface area contributed by atoms with Crippen molar-refractivity contribution in [1.82, 2.24) is 15.8 Å². The fraction of sp³-hybridized carbons (Fsp3) is 0.0833. The van der Waals surface area contributed by atoms with Crippen molar-refractivity contribution in [3.05, 3.63) is 49.9 Å². The van der Waals surface area contributed by atoms with Gasteiger partial charge in [0.15, 0.2) is 0 Å². The topological polar surface area (TPSA) is 71.1 Å². The Hall–Kier alpha value is -1.63. The number of halogens is 2. The molecule has 0 fully saturated rings. The molecule has 0 aliphatic carbocycles. The molecule has 0 unspecified atom stereocenters. The van der Waals surface area contributed by atoms with Crippen molar-refractivity contribution in [1.29, 1.82) is 0 Å². The number of amides is 2. The molecule has 2 aromatic rings. The van der Waals surface area contributed by atoms with E-state index in [9.17, 15) is 9.59 Å². The summed E-state index contributed by atoms with van der Waals surface area (Å²) in [5.74, 6) is -1.01. The minimum Gasteiger partial charge on any atom is -0.267 e. The summed E-state index contributed by atoms with van der Waals surface area (Å²) >= 11 is 12.9. The number of carbonyl (C=O) groups excluding carboxylic acids is 2. The van der Waals surface area contributed by atoms with Crippen LogP contribution in [-0.2, 0) is 0 Å². The Balaban J connectivity index is 2.00. The van der Waals surface area contributed by atoms with E-state index in [1.165, 1.54) is 29.5 Å². The Morgan fingerprint density at radius 1 is 1.10 bits per heavy atom. The first-order valence-corrected chi connectivity index (χ1v) is 7.08. The molecule has 0 bridgehead atoms. The van der Waals surface area contributed by atoms with Crippen LogP contribution in [0.5, 0.6) is 0 Å². The van der Waals surface area contributed by atoms with Gasteiger partial charge in [0.05, 0.1) is 5.01 Å². The van der Waals surface area contributed by atoms with Crippen molar-refractivity contribution in [2.24, 2.45) is 0 Å². The zero-order valence-corrected chi connectivity index (χ0v) is 12.6. The van der Waals surface area contributed by atoms with E-state index in [0.717, 1.165) is 5.01 Å². The average Bonchev–Trinajstić information content (AvgIpc) is 2.81. The zero-order valence-electron chi connectivity index (χ0n) is 10.2. The Labute approximate surface area is 128 Å². The maximum absolute atomic E-state index is 11.8. The highest BCUT2D eigenvalue weighted by atomic mass is 35.5. The van der Waals surface area contributed by atoms with Crippen LogP contribution < -0.4 is 10.9 Å². The molecule has 104 valence electrons. The van der Waals surface area contributed by atoms with Crippen LogP contribution in [0.25, 0.3) is 0 Å². The quantitative estimate of drug-likeness (QED) is 0.832. The summed E-state index contributed by atoms with van der Waals surface area (Å²) in [4.78, 5) is 27.5. The number of aryl methyl sites for hydroxylation is 1. The summed E-state index contributed by atoms with van der Waals surface area (Å²) in [6.07, 6.45) is 0. The molecular formula is C12H9Cl2N3O2S. The van der Waals surface area contributed by atoms with Crippen molar-refractivity contribution < 1.29 is 9.59 Å². The second-order valence-electron chi connectivity index (χ2n) is 3.82. The van der Waals surface area contributed by atoms with Gasteiger partial charge >= 0.3 is 0 Å². The van der Waals surface area contributed by atoms with E-state index in [-0.39, 0.29) is 11.3 Å². The molecular weight excluding hydrogens is 321 g/mol. The predicted molar refractivity (Wildman–Crippen MR) is 78.2 cm³/mol. The highest BCUT2D eigenvalue weighted by Crippen LogP contribution is 2.18. The number of nitrogens with zero attached hydrogens (tertiary/aromatic N) is 1. The Kier molecular flexibility index (Phi) is 4.59. The predicted octanol–water partition coefficient (Wildman–Crippen LogP) is 2.83. The normalized spacial score (nSPS) is 10.2. The van der Waals surface area contributed by atoms with Gasteiger partial charge in [0.2, 0.25) is 0 Å². The number of thiazole rings is 1. The molecule has 2 N–H and O–H groups in total. The number of nitrogens with one attached hydrogen (secondary N) is 2. The van der Waals surface area contributed by atoms with E-state index in [1.54, 1.807) is 12.3 Å². The highest BCUT2D eigenvalue weighted by Gasteiger charge is 2.12. The van der Waals surface area contributed by atoms with Crippen molar-refractivity contribution in [3.8, 4) is 0 Å². The molecule has 0 radical (unpaired) electrons. The maximum atomic E-state index is 11.8. The van der Waals surface area contributed by atoms with Gasteiger partial charge in [-0.3, -0.25) is 20.4 Å². The first-order chi connectivity index (χ1) is 9.45. The van der Waals surface area contributed by atoms with Crippen molar-refractivity contribution in [2.75, 3.05) is 0 Å². The third-order valence-electron chi connectivity index (χ3n) is 2.27. The lowest BCUT2D eigenvalue weighted by molar-refractivity contribution is 0.0844. The number of hydrogen-bond acceptors (Lipinski definition) is 4. The number of carbonyl (C=O) groups is 2. The lowest BCUT2D eigenvalue weighted by Crippen LogP contribution is -2.41. The molecule has 1 heterocycles. The first-order valence-electron chi connectivity index (χ1n) is 5.44. The van der Waals surface area contributed by atoms with Gasteiger partial charge in [-0.25, -0.2) is 4.98 Å². The standard InChI is InChI=1S/C12H9Cl2N3O2S/c1-6-15-10(5-20-6)12(19)17-16-11(18)7-2-8(13)4-9(14)3-7/h2-5H,1H3,(H,16,18)(H,17,19). The molecule has 0 aliphatic heterocycles. The summed E-state index contributed by atoms with van der Waals surface area (Å²) in [6.45, 7) is 1.79. The van der Waals surface area contributed by atoms with E-state index >= 15 is 0 Å². The minimum atomic E-state index is -0.519. The molecule has 1 aromatic heterocycles. The van der Waals surface area contributed by atoms with E-state index in [4.69, 9.17) is 23.2 Å². The average molecular weight is 330 g/mol. The number of hydrogen-bond donors (Lipinski definition) is 2. The highest BCUT2D eigenvalue weighted by molar-refractivity contribution is 7.09. The van der Waals surface area contributed by atoms with Gasteiger partial charge in [-0.2, -0.15) is 0 Å². The maximum Gasteiger partial charge on any atom is 0.289 e. The molecule has 8 heteroatoms. The fourth-order valence-corrected chi connectivity index (χ4v) is 2.52. The summed E-state index contributed by atoms with van der Waals surface area (Å²) in [5.41, 5.74) is 5.03. The van der Waals surface area contributed by atoms with E-state index in [2.05, 4.69) is 15.8 Å². The fourth-order valence-electron chi connectivity index (χ4n) is 1.40. The van der Waals surface area contributed by atoms with Crippen molar-refractivity contribution in [2.45, 2.75) is 6.92 Å². The summed E-state index contributed by atoms with van der Waals surface area (Å²) < 4.78 is 0. The van der Waals surface area contributed by atoms with Crippen molar-refractivity contribution >= 4 is 46.4 Å². The van der Waals surface area contributed by atoms with E-state index in [1.807, 2.05) is 0 Å². The summed E-state index contributed by atoms with van der Waals surface area (Å²) in [7, 11) is 0. The molecule has 0 aliphatic rings. The molecule has 1 aromatic carbocycles. The van der Waals surface area contributed by atoms with Crippen LogP contribution in [0.4, 0.5) is 0 Å². The molecule has 20 heavy (non-hydrogen) atoms. The Morgan fingerprint density at radius 2 is 1.70 bits per heavy atom. The van der Waals surface area contributed by atoms with E-state index < -0.39 is 11.8 Å². The van der Waals surface area contributed by atoms with Crippen LogP contribution in [0.3, 0.4) is 0 Å². The minimum absolute atomic E-state index is 0.247. The van der Waals surface area contributed by atoms with Gasteiger partial charge in [0, 0.05) is 21.0 Å². The van der Waals surface area contributed by atoms with Gasteiger partial charge in [0.25, 0.3) is 11.8 Å². The molecule has 5 nitrogen and oxygen atoms in total.